The van der Waals surface area contributed by atoms with E-state index < -0.39 is 22.9 Å². The molecule has 0 unspecified atom stereocenters. The molecule has 0 fully saturated rings. The van der Waals surface area contributed by atoms with E-state index >= 15 is 4.39 Å². The van der Waals surface area contributed by atoms with E-state index in [1.54, 1.807) is 12.3 Å². The van der Waals surface area contributed by atoms with Gasteiger partial charge in [-0.1, -0.05) is 19.9 Å². The summed E-state index contributed by atoms with van der Waals surface area (Å²) in [5.41, 5.74) is -0.169. The number of aromatic nitrogens is 4. The predicted octanol–water partition coefficient (Wildman–Crippen LogP) is 3.86. The highest BCUT2D eigenvalue weighted by atomic mass is 19.1. The molecule has 0 spiro atoms. The fourth-order valence-electron chi connectivity index (χ4n) is 4.21. The molecule has 0 saturated heterocycles. The SMILES string of the molecule is CC(C)c1nccc2c1-n1c(=O)[nH]c(=O)c3cc(F)c(nc31)-c1c(F)cccc1OCCC2. The molecule has 1 N–H and O–H groups in total. The summed E-state index contributed by atoms with van der Waals surface area (Å²) in [7, 11) is 0. The molecule has 168 valence electrons. The Morgan fingerprint density at radius 3 is 2.76 bits per heavy atom. The molecule has 3 aromatic heterocycles. The quantitative estimate of drug-likeness (QED) is 0.476. The van der Waals surface area contributed by atoms with E-state index in [9.17, 15) is 14.0 Å². The van der Waals surface area contributed by atoms with E-state index in [1.807, 2.05) is 13.8 Å². The second-order valence-electron chi connectivity index (χ2n) is 8.21. The lowest BCUT2D eigenvalue weighted by molar-refractivity contribution is 0.310. The number of halogens is 2. The van der Waals surface area contributed by atoms with Gasteiger partial charge in [0.25, 0.3) is 5.56 Å². The Morgan fingerprint density at radius 1 is 1.15 bits per heavy atom. The summed E-state index contributed by atoms with van der Waals surface area (Å²) in [6.45, 7) is 4.11. The summed E-state index contributed by atoms with van der Waals surface area (Å²) in [5.74, 6) is -1.55. The van der Waals surface area contributed by atoms with E-state index in [4.69, 9.17) is 4.74 Å². The van der Waals surface area contributed by atoms with Gasteiger partial charge in [0.1, 0.15) is 17.3 Å². The summed E-state index contributed by atoms with van der Waals surface area (Å²) in [6.07, 6.45) is 2.75. The van der Waals surface area contributed by atoms with Crippen LogP contribution in [0.5, 0.6) is 5.75 Å². The number of aryl methyl sites for hydroxylation is 1. The lowest BCUT2D eigenvalue weighted by Crippen LogP contribution is -2.32. The van der Waals surface area contributed by atoms with Crippen LogP contribution < -0.4 is 16.0 Å². The van der Waals surface area contributed by atoms with Crippen LogP contribution in [-0.2, 0) is 6.42 Å². The van der Waals surface area contributed by atoms with Gasteiger partial charge in [-0.2, -0.15) is 0 Å². The highest BCUT2D eigenvalue weighted by Crippen LogP contribution is 2.35. The average Bonchev–Trinajstić information content (AvgIpc) is 2.77. The Labute approximate surface area is 186 Å². The number of aromatic amines is 1. The van der Waals surface area contributed by atoms with Crippen molar-refractivity contribution in [2.24, 2.45) is 0 Å². The van der Waals surface area contributed by atoms with Gasteiger partial charge >= 0.3 is 5.69 Å². The molecule has 4 aromatic rings. The van der Waals surface area contributed by atoms with Gasteiger partial charge in [-0.3, -0.25) is 14.8 Å². The summed E-state index contributed by atoms with van der Waals surface area (Å²) >= 11 is 0. The van der Waals surface area contributed by atoms with Crippen LogP contribution in [0.25, 0.3) is 28.0 Å². The van der Waals surface area contributed by atoms with Crippen LogP contribution in [0.4, 0.5) is 8.78 Å². The summed E-state index contributed by atoms with van der Waals surface area (Å²) in [6, 6.07) is 6.96. The maximum Gasteiger partial charge on any atom is 0.334 e. The standard InChI is InChI=1S/C24H20F2N4O3/c1-12(2)19-21-13(8-9-27-19)5-4-10-33-17-7-3-6-15(25)18(17)20-16(26)11-14-22(28-20)30(21)24(32)29-23(14)31/h3,6-9,11-12H,4-5,10H2,1-2H3,(H,29,31,32). The zero-order chi connectivity index (χ0) is 23.3. The van der Waals surface area contributed by atoms with Gasteiger partial charge in [0.05, 0.1) is 28.9 Å². The molecular weight excluding hydrogens is 430 g/mol. The van der Waals surface area contributed by atoms with Gasteiger partial charge in [-0.15, -0.1) is 0 Å². The molecule has 1 aliphatic heterocycles. The minimum atomic E-state index is -0.902. The highest BCUT2D eigenvalue weighted by Gasteiger charge is 2.25. The van der Waals surface area contributed by atoms with Crippen LogP contribution in [0, 0.1) is 11.6 Å². The molecule has 0 atom stereocenters. The molecule has 0 radical (unpaired) electrons. The number of fused-ring (bicyclic) bond motifs is 5. The van der Waals surface area contributed by atoms with Crippen LogP contribution in [0.3, 0.4) is 0 Å². The van der Waals surface area contributed by atoms with Crippen LogP contribution in [0.2, 0.25) is 0 Å². The second-order valence-corrected chi connectivity index (χ2v) is 8.21. The van der Waals surface area contributed by atoms with E-state index in [-0.39, 0.29) is 40.6 Å². The van der Waals surface area contributed by atoms with E-state index in [1.165, 1.54) is 22.8 Å². The van der Waals surface area contributed by atoms with Crippen LogP contribution >= 0.6 is 0 Å². The molecule has 7 nitrogen and oxygen atoms in total. The number of nitrogens with zero attached hydrogens (tertiary/aromatic N) is 3. The van der Waals surface area contributed by atoms with Gasteiger partial charge < -0.3 is 4.74 Å². The third-order valence-corrected chi connectivity index (χ3v) is 5.70. The van der Waals surface area contributed by atoms with Crippen molar-refractivity contribution in [1.29, 1.82) is 0 Å². The first-order valence-corrected chi connectivity index (χ1v) is 10.6. The van der Waals surface area contributed by atoms with Crippen LogP contribution in [-0.4, -0.2) is 26.1 Å². The van der Waals surface area contributed by atoms with Crippen molar-refractivity contribution in [1.82, 2.24) is 19.5 Å². The Bertz CT molecular complexity index is 1530. The lowest BCUT2D eigenvalue weighted by Gasteiger charge is -2.20. The largest absolute Gasteiger partial charge is 0.493 e. The van der Waals surface area contributed by atoms with Crippen molar-refractivity contribution >= 4 is 11.0 Å². The van der Waals surface area contributed by atoms with Gasteiger partial charge in [0.15, 0.2) is 11.5 Å². The van der Waals surface area contributed by atoms with Gasteiger partial charge in [-0.25, -0.2) is 23.1 Å². The van der Waals surface area contributed by atoms with Crippen molar-refractivity contribution < 1.29 is 13.5 Å². The zero-order valence-electron chi connectivity index (χ0n) is 18.0. The number of H-pyrrole nitrogens is 1. The third kappa shape index (κ3) is 3.40. The Morgan fingerprint density at radius 2 is 1.97 bits per heavy atom. The Kier molecular flexibility index (Phi) is 5.03. The lowest BCUT2D eigenvalue weighted by atomic mass is 10.0. The van der Waals surface area contributed by atoms with Crippen molar-refractivity contribution in [2.45, 2.75) is 32.6 Å². The highest BCUT2D eigenvalue weighted by molar-refractivity contribution is 5.81. The maximum absolute atomic E-state index is 15.2. The molecular formula is C24H20F2N4O3. The normalized spacial score (nSPS) is 13.2. The summed E-state index contributed by atoms with van der Waals surface area (Å²) in [4.78, 5) is 36.7. The topological polar surface area (TPSA) is 89.9 Å². The van der Waals surface area contributed by atoms with Crippen LogP contribution in [0.15, 0.2) is 46.1 Å². The number of nitrogens with one attached hydrogen (secondary N) is 1. The van der Waals surface area contributed by atoms with Crippen molar-refractivity contribution in [2.75, 3.05) is 6.61 Å². The number of ether oxygens (including phenoxy) is 1. The zero-order valence-corrected chi connectivity index (χ0v) is 18.0. The Balaban J connectivity index is 2.00. The molecule has 0 saturated carbocycles. The second kappa shape index (κ2) is 7.91. The Hall–Kier alpha value is -3.88. The molecule has 0 aliphatic carbocycles. The van der Waals surface area contributed by atoms with E-state index in [0.29, 0.717) is 24.2 Å². The molecule has 4 heterocycles. The molecule has 1 aliphatic rings. The monoisotopic (exact) mass is 450 g/mol. The predicted molar refractivity (Wildman–Crippen MR) is 119 cm³/mol. The summed E-state index contributed by atoms with van der Waals surface area (Å²) in [5, 5.41) is -0.128. The van der Waals surface area contributed by atoms with E-state index in [0.717, 1.165) is 11.6 Å². The first kappa shape index (κ1) is 21.0. The average molecular weight is 450 g/mol. The van der Waals surface area contributed by atoms with Crippen molar-refractivity contribution in [3.8, 4) is 22.7 Å². The number of pyridine rings is 2. The number of rotatable bonds is 1. The minimum absolute atomic E-state index is 0.0592. The molecule has 9 heteroatoms. The molecule has 2 bridgehead atoms. The fourth-order valence-corrected chi connectivity index (χ4v) is 4.21. The van der Waals surface area contributed by atoms with Crippen molar-refractivity contribution in [3.05, 3.63) is 80.3 Å². The third-order valence-electron chi connectivity index (χ3n) is 5.70. The number of hydrogen-bond donors (Lipinski definition) is 1. The van der Waals surface area contributed by atoms with Gasteiger partial charge in [0.2, 0.25) is 0 Å². The number of benzene rings is 1. The molecule has 1 aromatic carbocycles. The minimum Gasteiger partial charge on any atom is -0.493 e. The van der Waals surface area contributed by atoms with Crippen LogP contribution in [0.1, 0.15) is 37.4 Å². The van der Waals surface area contributed by atoms with Crippen molar-refractivity contribution in [3.63, 3.8) is 0 Å². The van der Waals surface area contributed by atoms with Gasteiger partial charge in [-0.05, 0) is 48.6 Å². The first-order valence-electron chi connectivity index (χ1n) is 10.6. The molecule has 0 amide bonds. The van der Waals surface area contributed by atoms with E-state index in [2.05, 4.69) is 15.0 Å². The smallest absolute Gasteiger partial charge is 0.334 e. The fraction of sp³-hybridized carbons (Fsp3) is 0.250. The summed E-state index contributed by atoms with van der Waals surface area (Å²) < 4.78 is 37.1. The first-order chi connectivity index (χ1) is 15.9. The van der Waals surface area contributed by atoms with Gasteiger partial charge in [0, 0.05) is 6.20 Å². The molecule has 33 heavy (non-hydrogen) atoms. The number of hydrogen-bond acceptors (Lipinski definition) is 5. The maximum atomic E-state index is 15.2. The molecule has 5 rings (SSSR count).